The Morgan fingerprint density at radius 3 is 1.86 bits per heavy atom. The molecule has 0 unspecified atom stereocenters. The number of aromatic nitrogens is 4. The van der Waals surface area contributed by atoms with E-state index >= 15 is 0 Å². The topological polar surface area (TPSA) is 139 Å². The number of alkyl halides is 6. The molecule has 0 aliphatic carbocycles. The van der Waals surface area contributed by atoms with Gasteiger partial charge in [-0.1, -0.05) is 6.07 Å². The number of nitrogens with zero attached hydrogens (tertiary/aromatic N) is 5. The summed E-state index contributed by atoms with van der Waals surface area (Å²) in [4.78, 5) is 37.6. The maximum Gasteiger partial charge on any atom is 0.490 e. The predicted molar refractivity (Wildman–Crippen MR) is 134 cm³/mol. The number of rotatable bonds is 3. The third kappa shape index (κ3) is 8.56. The van der Waals surface area contributed by atoms with Gasteiger partial charge in [0, 0.05) is 30.3 Å². The van der Waals surface area contributed by atoms with Crippen LogP contribution in [0.25, 0.3) is 11.3 Å². The Morgan fingerprint density at radius 1 is 0.837 bits per heavy atom. The minimum Gasteiger partial charge on any atom is -0.475 e. The number of likely N-dealkylation sites (tertiary alicyclic amines) is 1. The predicted octanol–water partition coefficient (Wildman–Crippen LogP) is 4.04. The van der Waals surface area contributed by atoms with Crippen molar-refractivity contribution in [2.45, 2.75) is 50.1 Å². The second kappa shape index (κ2) is 13.3. The number of hydrogen-bond donors (Lipinski definition) is 2. The zero-order valence-corrected chi connectivity index (χ0v) is 22.1. The van der Waals surface area contributed by atoms with Crippen molar-refractivity contribution >= 4 is 11.9 Å². The second-order valence-corrected chi connectivity index (χ2v) is 9.57. The average molecular weight is 619 g/mol. The Kier molecular flexibility index (Phi) is 10.2. The molecule has 17 heteroatoms. The average Bonchev–Trinajstić information content (AvgIpc) is 3.30. The van der Waals surface area contributed by atoms with Crippen molar-refractivity contribution in [1.29, 1.82) is 0 Å². The molecule has 0 atom stereocenters. The molecule has 43 heavy (non-hydrogen) atoms. The molecule has 2 aliphatic rings. The van der Waals surface area contributed by atoms with Gasteiger partial charge in [0.1, 0.15) is 11.6 Å². The highest BCUT2D eigenvalue weighted by molar-refractivity contribution is 5.73. The fourth-order valence-electron chi connectivity index (χ4n) is 4.58. The summed E-state index contributed by atoms with van der Waals surface area (Å²) < 4.78 is 78.5. The number of pyridine rings is 1. The van der Waals surface area contributed by atoms with Gasteiger partial charge in [-0.05, 0) is 68.8 Å². The smallest absolute Gasteiger partial charge is 0.475 e. The van der Waals surface area contributed by atoms with E-state index < -0.39 is 24.3 Å². The number of piperidine rings is 1. The lowest BCUT2D eigenvalue weighted by Gasteiger charge is -2.38. The zero-order chi connectivity index (χ0) is 32.0. The first-order valence-electron chi connectivity index (χ1n) is 12.5. The monoisotopic (exact) mass is 619 g/mol. The van der Waals surface area contributed by atoms with Crippen LogP contribution in [-0.2, 0) is 28.1 Å². The number of carboxylic acid groups (broad SMARTS) is 2. The van der Waals surface area contributed by atoms with Gasteiger partial charge < -0.3 is 10.2 Å². The van der Waals surface area contributed by atoms with E-state index in [9.17, 15) is 35.5 Å². The van der Waals surface area contributed by atoms with Crippen LogP contribution in [0.15, 0.2) is 53.5 Å². The fraction of sp³-hybridized carbons (Fsp3) is 0.385. The van der Waals surface area contributed by atoms with Crippen LogP contribution in [0, 0.1) is 5.82 Å². The lowest BCUT2D eigenvalue weighted by atomic mass is 9.76. The van der Waals surface area contributed by atoms with Gasteiger partial charge in [-0.2, -0.15) is 26.3 Å². The second-order valence-electron chi connectivity index (χ2n) is 9.57. The summed E-state index contributed by atoms with van der Waals surface area (Å²) in [7, 11) is 0. The number of halogens is 7. The molecule has 0 radical (unpaired) electrons. The Morgan fingerprint density at radius 2 is 1.37 bits per heavy atom. The molecule has 0 amide bonds. The molecule has 1 fully saturated rings. The van der Waals surface area contributed by atoms with Gasteiger partial charge in [0.15, 0.2) is 5.69 Å². The van der Waals surface area contributed by atoms with Crippen LogP contribution in [0.2, 0.25) is 0 Å². The van der Waals surface area contributed by atoms with Crippen LogP contribution in [-0.4, -0.2) is 72.2 Å². The molecule has 2 aliphatic heterocycles. The van der Waals surface area contributed by atoms with E-state index in [4.69, 9.17) is 19.8 Å². The normalized spacial score (nSPS) is 15.9. The maximum absolute atomic E-state index is 13.2. The SMILES string of the molecule is O=C(O)C(F)(F)F.O=C(O)C(F)(F)F.O=c1c(-c2ccc(F)cc2)nnc2n1CCC21CCN(Cc2ccccn2)CC1. The lowest BCUT2D eigenvalue weighted by molar-refractivity contribution is -0.193. The third-order valence-corrected chi connectivity index (χ3v) is 6.76. The first-order chi connectivity index (χ1) is 20.0. The quantitative estimate of drug-likeness (QED) is 0.416. The van der Waals surface area contributed by atoms with E-state index in [-0.39, 0.29) is 16.8 Å². The number of fused-ring (bicyclic) bond motifs is 2. The van der Waals surface area contributed by atoms with E-state index in [0.29, 0.717) is 17.8 Å². The van der Waals surface area contributed by atoms with E-state index in [1.807, 2.05) is 18.3 Å². The molecule has 5 rings (SSSR count). The van der Waals surface area contributed by atoms with Crippen molar-refractivity contribution in [3.05, 3.63) is 76.4 Å². The van der Waals surface area contributed by atoms with Gasteiger partial charge in [0.25, 0.3) is 5.56 Å². The van der Waals surface area contributed by atoms with Crippen molar-refractivity contribution in [2.75, 3.05) is 13.1 Å². The van der Waals surface area contributed by atoms with Crippen LogP contribution in [0.1, 0.15) is 30.8 Å². The minimum atomic E-state index is -5.08. The third-order valence-electron chi connectivity index (χ3n) is 6.76. The molecule has 3 aromatic rings. The van der Waals surface area contributed by atoms with Crippen molar-refractivity contribution in [3.63, 3.8) is 0 Å². The molecule has 1 spiro atoms. The summed E-state index contributed by atoms with van der Waals surface area (Å²) >= 11 is 0. The fourth-order valence-corrected chi connectivity index (χ4v) is 4.58. The van der Waals surface area contributed by atoms with Crippen molar-refractivity contribution in [1.82, 2.24) is 24.6 Å². The molecule has 0 bridgehead atoms. The molecular weight excluding hydrogens is 595 g/mol. The van der Waals surface area contributed by atoms with Crippen LogP contribution < -0.4 is 5.56 Å². The lowest BCUT2D eigenvalue weighted by Crippen LogP contribution is -2.42. The van der Waals surface area contributed by atoms with Crippen molar-refractivity contribution in [3.8, 4) is 11.3 Å². The molecule has 2 aromatic heterocycles. The molecule has 2 N–H and O–H groups in total. The Balaban J connectivity index is 0.000000303. The van der Waals surface area contributed by atoms with Gasteiger partial charge in [-0.15, -0.1) is 10.2 Å². The summed E-state index contributed by atoms with van der Waals surface area (Å²) in [5.74, 6) is -5.04. The van der Waals surface area contributed by atoms with E-state index in [1.165, 1.54) is 12.1 Å². The summed E-state index contributed by atoms with van der Waals surface area (Å²) in [6.07, 6.45) is -5.50. The minimum absolute atomic E-state index is 0.0753. The Bertz CT molecular complexity index is 1450. The summed E-state index contributed by atoms with van der Waals surface area (Å²) in [6, 6.07) is 11.8. The van der Waals surface area contributed by atoms with Crippen molar-refractivity contribution in [2.24, 2.45) is 0 Å². The van der Waals surface area contributed by atoms with Crippen LogP contribution in [0.4, 0.5) is 30.7 Å². The van der Waals surface area contributed by atoms with Gasteiger partial charge in [-0.3, -0.25) is 19.2 Å². The first kappa shape index (κ1) is 33.1. The van der Waals surface area contributed by atoms with Crippen molar-refractivity contribution < 1.29 is 50.5 Å². The van der Waals surface area contributed by atoms with Gasteiger partial charge >= 0.3 is 24.3 Å². The highest BCUT2D eigenvalue weighted by atomic mass is 19.4. The number of hydrogen-bond acceptors (Lipinski definition) is 7. The number of aliphatic carboxylic acids is 2. The summed E-state index contributed by atoms with van der Waals surface area (Å²) in [5, 5.41) is 23.0. The highest BCUT2D eigenvalue weighted by Crippen LogP contribution is 2.41. The molecular formula is C26H24F7N5O5. The van der Waals surface area contributed by atoms with E-state index in [2.05, 4.69) is 26.1 Å². The Hall–Kier alpha value is -4.41. The van der Waals surface area contributed by atoms with Crippen LogP contribution in [0.3, 0.4) is 0 Å². The van der Waals surface area contributed by atoms with Gasteiger partial charge in [0.2, 0.25) is 0 Å². The van der Waals surface area contributed by atoms with E-state index in [1.54, 1.807) is 16.7 Å². The standard InChI is InChI=1S/C22H22FN5O.2C2HF3O2/c23-17-6-4-16(5-7-17)19-20(29)28-14-10-22(21(28)26-25-19)8-12-27(13-9-22)15-18-3-1-2-11-24-18;2*3-2(4,5)1(6)7/h1-7,11H,8-10,12-15H2;2*(H,6,7). The molecule has 4 heterocycles. The summed E-state index contributed by atoms with van der Waals surface area (Å²) in [5.41, 5.74) is 1.77. The first-order valence-corrected chi connectivity index (χ1v) is 12.5. The maximum atomic E-state index is 13.2. The van der Waals surface area contributed by atoms with Gasteiger partial charge in [0.05, 0.1) is 5.69 Å². The molecule has 1 saturated heterocycles. The zero-order valence-electron chi connectivity index (χ0n) is 22.1. The number of carboxylic acids is 2. The van der Waals surface area contributed by atoms with Crippen LogP contribution in [0.5, 0.6) is 0 Å². The molecule has 232 valence electrons. The Labute approximate surface area is 238 Å². The molecule has 1 aromatic carbocycles. The largest absolute Gasteiger partial charge is 0.490 e. The van der Waals surface area contributed by atoms with E-state index in [0.717, 1.165) is 50.4 Å². The summed E-state index contributed by atoms with van der Waals surface area (Å²) in [6.45, 7) is 3.41. The molecule has 10 nitrogen and oxygen atoms in total. The molecule has 0 saturated carbocycles. The highest BCUT2D eigenvalue weighted by Gasteiger charge is 2.44. The number of benzene rings is 1. The van der Waals surface area contributed by atoms with Crippen LogP contribution >= 0.6 is 0 Å². The number of carbonyl (C=O) groups is 2. The van der Waals surface area contributed by atoms with Gasteiger partial charge in [-0.25, -0.2) is 14.0 Å².